The Kier molecular flexibility index (Phi) is 12.8. The van der Waals surface area contributed by atoms with Crippen LogP contribution >= 0.6 is 0 Å². The van der Waals surface area contributed by atoms with Crippen LogP contribution in [0.1, 0.15) is 37.8 Å². The lowest BCUT2D eigenvalue weighted by atomic mass is 10.0. The minimum atomic E-state index is -0.487. The Morgan fingerprint density at radius 2 is 1.58 bits per heavy atom. The van der Waals surface area contributed by atoms with E-state index in [9.17, 15) is 14.4 Å². The van der Waals surface area contributed by atoms with Crippen LogP contribution < -0.4 is 21.3 Å². The average Bonchev–Trinajstić information content (AvgIpc) is 2.88. The molecule has 4 N–H and O–H groups in total. The van der Waals surface area contributed by atoms with Gasteiger partial charge in [-0.05, 0) is 30.4 Å². The standard InChI is InChI=1S/C28H38N4O4/c1-21(2)31-25(15-10-18-30-28(35)36-20-23-13-8-5-9-14-23)27(34)32-24(16-17-26(33)29-3)19-22-11-6-4-7-12-22/h4-9,11-14,16-17,21,24-25,31H,10,15,18-20H2,1-3H3,(H,29,33)(H,30,35)(H,32,34)/b17-16+/t24-,25+/m1/s1. The summed E-state index contributed by atoms with van der Waals surface area (Å²) in [5, 5.41) is 11.6. The van der Waals surface area contributed by atoms with Gasteiger partial charge in [-0.2, -0.15) is 0 Å². The zero-order valence-electron chi connectivity index (χ0n) is 21.3. The van der Waals surface area contributed by atoms with Gasteiger partial charge in [-0.3, -0.25) is 9.59 Å². The van der Waals surface area contributed by atoms with Crippen LogP contribution in [-0.4, -0.2) is 49.6 Å². The van der Waals surface area contributed by atoms with E-state index >= 15 is 0 Å². The second kappa shape index (κ2) is 16.1. The highest BCUT2D eigenvalue weighted by molar-refractivity contribution is 5.87. The Morgan fingerprint density at radius 1 is 0.944 bits per heavy atom. The van der Waals surface area contributed by atoms with Crippen molar-refractivity contribution in [2.75, 3.05) is 13.6 Å². The number of rotatable bonds is 14. The van der Waals surface area contributed by atoms with E-state index in [0.29, 0.717) is 25.8 Å². The van der Waals surface area contributed by atoms with E-state index < -0.39 is 12.1 Å². The number of carbonyl (C=O) groups is 3. The number of ether oxygens (including phenoxy) is 1. The lowest BCUT2D eigenvalue weighted by Crippen LogP contribution is -2.50. The van der Waals surface area contributed by atoms with Crippen LogP contribution in [-0.2, 0) is 27.4 Å². The summed E-state index contributed by atoms with van der Waals surface area (Å²) >= 11 is 0. The van der Waals surface area contributed by atoms with Crippen LogP contribution in [0.25, 0.3) is 0 Å². The number of hydrogen-bond acceptors (Lipinski definition) is 5. The molecule has 2 atom stereocenters. The molecule has 0 saturated heterocycles. The molecule has 2 rings (SSSR count). The first-order valence-electron chi connectivity index (χ1n) is 12.3. The SMILES string of the molecule is CNC(=O)/C=C/[C@H](Cc1ccccc1)NC(=O)[C@H](CCCNC(=O)OCc1ccccc1)NC(C)C. The Bertz CT molecular complexity index is 964. The van der Waals surface area contributed by atoms with Gasteiger partial charge in [0.25, 0.3) is 0 Å². The van der Waals surface area contributed by atoms with Gasteiger partial charge in [-0.25, -0.2) is 4.79 Å². The maximum absolute atomic E-state index is 13.2. The largest absolute Gasteiger partial charge is 0.445 e. The summed E-state index contributed by atoms with van der Waals surface area (Å²) in [4.78, 5) is 36.9. The summed E-state index contributed by atoms with van der Waals surface area (Å²) < 4.78 is 5.23. The molecule has 0 aromatic heterocycles. The van der Waals surface area contributed by atoms with Gasteiger partial charge in [0.15, 0.2) is 0 Å². The van der Waals surface area contributed by atoms with Gasteiger partial charge >= 0.3 is 6.09 Å². The number of nitrogens with one attached hydrogen (secondary N) is 4. The van der Waals surface area contributed by atoms with Crippen molar-refractivity contribution in [3.63, 3.8) is 0 Å². The summed E-state index contributed by atoms with van der Waals surface area (Å²) in [5.41, 5.74) is 1.97. The normalized spacial score (nSPS) is 12.7. The quantitative estimate of drug-likeness (QED) is 0.238. The van der Waals surface area contributed by atoms with E-state index in [-0.39, 0.29) is 30.5 Å². The van der Waals surface area contributed by atoms with E-state index in [0.717, 1.165) is 11.1 Å². The molecule has 0 aliphatic carbocycles. The van der Waals surface area contributed by atoms with Crippen molar-refractivity contribution in [2.24, 2.45) is 0 Å². The predicted molar refractivity (Wildman–Crippen MR) is 141 cm³/mol. The van der Waals surface area contributed by atoms with Crippen molar-refractivity contribution in [3.8, 4) is 0 Å². The van der Waals surface area contributed by atoms with Gasteiger partial charge in [0.1, 0.15) is 6.61 Å². The number of carbonyl (C=O) groups excluding carboxylic acids is 3. The maximum Gasteiger partial charge on any atom is 0.407 e. The summed E-state index contributed by atoms with van der Waals surface area (Å²) in [7, 11) is 1.56. The summed E-state index contributed by atoms with van der Waals surface area (Å²) in [5.74, 6) is -0.387. The van der Waals surface area contributed by atoms with Crippen molar-refractivity contribution >= 4 is 17.9 Å². The van der Waals surface area contributed by atoms with Crippen LogP contribution in [0.2, 0.25) is 0 Å². The average molecular weight is 495 g/mol. The fraction of sp³-hybridized carbons (Fsp3) is 0.393. The monoisotopic (exact) mass is 494 g/mol. The number of hydrogen-bond donors (Lipinski definition) is 4. The molecule has 0 bridgehead atoms. The first-order valence-corrected chi connectivity index (χ1v) is 12.3. The molecule has 0 heterocycles. The fourth-order valence-corrected chi connectivity index (χ4v) is 3.57. The third-order valence-electron chi connectivity index (χ3n) is 5.36. The molecule has 0 aliphatic rings. The summed E-state index contributed by atoms with van der Waals surface area (Å²) in [6.07, 6.45) is 4.34. The Labute approximate surface area is 213 Å². The second-order valence-electron chi connectivity index (χ2n) is 8.78. The van der Waals surface area contributed by atoms with E-state index in [4.69, 9.17) is 4.74 Å². The van der Waals surface area contributed by atoms with Crippen molar-refractivity contribution in [1.82, 2.24) is 21.3 Å². The highest BCUT2D eigenvalue weighted by Gasteiger charge is 2.21. The van der Waals surface area contributed by atoms with Crippen molar-refractivity contribution in [3.05, 3.63) is 83.9 Å². The second-order valence-corrected chi connectivity index (χ2v) is 8.78. The topological polar surface area (TPSA) is 109 Å². The van der Waals surface area contributed by atoms with Gasteiger partial charge in [0.05, 0.1) is 12.1 Å². The van der Waals surface area contributed by atoms with E-state index in [2.05, 4.69) is 21.3 Å². The summed E-state index contributed by atoms with van der Waals surface area (Å²) in [6.45, 7) is 4.55. The first-order chi connectivity index (χ1) is 17.4. The molecule has 8 nitrogen and oxygen atoms in total. The Morgan fingerprint density at radius 3 is 2.19 bits per heavy atom. The molecule has 8 heteroatoms. The molecule has 0 fully saturated rings. The number of likely N-dealkylation sites (N-methyl/N-ethyl adjacent to an activating group) is 1. The molecule has 0 aliphatic heterocycles. The third kappa shape index (κ3) is 11.7. The maximum atomic E-state index is 13.2. The zero-order valence-corrected chi connectivity index (χ0v) is 21.3. The molecular weight excluding hydrogens is 456 g/mol. The number of benzene rings is 2. The lowest BCUT2D eigenvalue weighted by Gasteiger charge is -2.24. The molecular formula is C28H38N4O4. The van der Waals surface area contributed by atoms with Gasteiger partial charge in [-0.15, -0.1) is 0 Å². The van der Waals surface area contributed by atoms with Gasteiger partial charge < -0.3 is 26.0 Å². The fourth-order valence-electron chi connectivity index (χ4n) is 3.57. The van der Waals surface area contributed by atoms with E-state index in [1.807, 2.05) is 74.5 Å². The molecule has 36 heavy (non-hydrogen) atoms. The molecule has 2 aromatic carbocycles. The Balaban J connectivity index is 1.89. The van der Waals surface area contributed by atoms with Gasteiger partial charge in [0.2, 0.25) is 11.8 Å². The van der Waals surface area contributed by atoms with E-state index in [1.54, 1.807) is 13.1 Å². The lowest BCUT2D eigenvalue weighted by molar-refractivity contribution is -0.124. The highest BCUT2D eigenvalue weighted by atomic mass is 16.5. The third-order valence-corrected chi connectivity index (χ3v) is 5.36. The van der Waals surface area contributed by atoms with Crippen LogP contribution in [0, 0.1) is 0 Å². The highest BCUT2D eigenvalue weighted by Crippen LogP contribution is 2.07. The predicted octanol–water partition coefficient (Wildman–Crippen LogP) is 3.09. The molecule has 0 spiro atoms. The van der Waals surface area contributed by atoms with Crippen LogP contribution in [0.3, 0.4) is 0 Å². The minimum Gasteiger partial charge on any atom is -0.445 e. The first kappa shape index (κ1) is 28.6. The minimum absolute atomic E-state index is 0.0959. The zero-order chi connectivity index (χ0) is 26.2. The molecule has 0 unspecified atom stereocenters. The Hall–Kier alpha value is -3.65. The molecule has 0 saturated carbocycles. The smallest absolute Gasteiger partial charge is 0.407 e. The van der Waals surface area contributed by atoms with Crippen molar-refractivity contribution in [2.45, 2.75) is 57.8 Å². The van der Waals surface area contributed by atoms with Gasteiger partial charge in [-0.1, -0.05) is 80.6 Å². The number of alkyl carbamates (subject to hydrolysis) is 1. The van der Waals surface area contributed by atoms with E-state index in [1.165, 1.54) is 6.08 Å². The molecule has 3 amide bonds. The molecule has 194 valence electrons. The molecule has 2 aromatic rings. The van der Waals surface area contributed by atoms with Gasteiger partial charge in [0, 0.05) is 25.7 Å². The number of amides is 3. The van der Waals surface area contributed by atoms with Crippen LogP contribution in [0.5, 0.6) is 0 Å². The van der Waals surface area contributed by atoms with Crippen LogP contribution in [0.4, 0.5) is 4.79 Å². The van der Waals surface area contributed by atoms with Crippen molar-refractivity contribution < 1.29 is 19.1 Å². The molecule has 0 radical (unpaired) electrons. The van der Waals surface area contributed by atoms with Crippen LogP contribution in [0.15, 0.2) is 72.8 Å². The summed E-state index contributed by atoms with van der Waals surface area (Å²) in [6, 6.07) is 18.6. The van der Waals surface area contributed by atoms with Crippen molar-refractivity contribution in [1.29, 1.82) is 0 Å².